The number of carbonyl (C=O) groups is 2. The molecule has 29 heavy (non-hydrogen) atoms. The quantitative estimate of drug-likeness (QED) is 0.850. The minimum Gasteiger partial charge on any atom is -0.345 e. The molecule has 8 nitrogen and oxygen atoms in total. The van der Waals surface area contributed by atoms with Gasteiger partial charge in [0, 0.05) is 37.6 Å². The van der Waals surface area contributed by atoms with Crippen LogP contribution >= 0.6 is 0 Å². The van der Waals surface area contributed by atoms with Crippen LogP contribution in [0.4, 0.5) is 4.79 Å². The molecule has 2 fully saturated rings. The van der Waals surface area contributed by atoms with Crippen molar-refractivity contribution in [1.29, 1.82) is 0 Å². The van der Waals surface area contributed by atoms with Gasteiger partial charge in [-0.25, -0.2) is 4.79 Å². The molecule has 1 aromatic carbocycles. The van der Waals surface area contributed by atoms with Gasteiger partial charge >= 0.3 is 6.03 Å². The van der Waals surface area contributed by atoms with Gasteiger partial charge in [0.2, 0.25) is 5.79 Å². The maximum Gasteiger partial charge on any atom is 0.317 e. The number of hydrogen-bond acceptors (Lipinski definition) is 5. The normalized spacial score (nSPS) is 21.8. The number of pyridine rings is 1. The average Bonchev–Trinajstić information content (AvgIpc) is 2.78. The first-order chi connectivity index (χ1) is 14.2. The molecule has 8 heteroatoms. The van der Waals surface area contributed by atoms with E-state index in [2.05, 4.69) is 10.3 Å². The predicted octanol–water partition coefficient (Wildman–Crippen LogP) is 1.49. The van der Waals surface area contributed by atoms with Gasteiger partial charge in [-0.3, -0.25) is 9.78 Å². The van der Waals surface area contributed by atoms with Crippen LogP contribution < -0.4 is 5.32 Å². The summed E-state index contributed by atoms with van der Waals surface area (Å²) in [6, 6.07) is 13.0. The first kappa shape index (κ1) is 19.4. The van der Waals surface area contributed by atoms with Crippen molar-refractivity contribution in [3.05, 3.63) is 66.0 Å². The summed E-state index contributed by atoms with van der Waals surface area (Å²) in [7, 11) is 0. The molecule has 2 aliphatic heterocycles. The highest BCUT2D eigenvalue weighted by molar-refractivity contribution is 5.94. The van der Waals surface area contributed by atoms with Crippen LogP contribution in [0.25, 0.3) is 0 Å². The lowest BCUT2D eigenvalue weighted by Crippen LogP contribution is -2.64. The van der Waals surface area contributed by atoms with E-state index in [0.29, 0.717) is 38.4 Å². The highest BCUT2D eigenvalue weighted by Gasteiger charge is 2.44. The monoisotopic (exact) mass is 396 g/mol. The molecule has 0 saturated carbocycles. The van der Waals surface area contributed by atoms with Gasteiger partial charge in [-0.2, -0.15) is 0 Å². The summed E-state index contributed by atoms with van der Waals surface area (Å²) >= 11 is 0. The molecular weight excluding hydrogens is 372 g/mol. The van der Waals surface area contributed by atoms with E-state index in [9.17, 15) is 9.59 Å². The maximum absolute atomic E-state index is 12.8. The molecule has 0 radical (unpaired) electrons. The van der Waals surface area contributed by atoms with Gasteiger partial charge in [0.15, 0.2) is 0 Å². The Morgan fingerprint density at radius 2 is 1.62 bits per heavy atom. The van der Waals surface area contributed by atoms with Crippen molar-refractivity contribution in [2.75, 3.05) is 39.4 Å². The van der Waals surface area contributed by atoms with Crippen LogP contribution in [0.3, 0.4) is 0 Å². The molecule has 0 bridgehead atoms. The van der Waals surface area contributed by atoms with Crippen LogP contribution in [-0.2, 0) is 16.0 Å². The zero-order valence-corrected chi connectivity index (χ0v) is 16.1. The lowest BCUT2D eigenvalue weighted by atomic mass is 10.1. The Morgan fingerprint density at radius 1 is 0.966 bits per heavy atom. The van der Waals surface area contributed by atoms with E-state index in [4.69, 9.17) is 9.47 Å². The fourth-order valence-corrected chi connectivity index (χ4v) is 3.61. The van der Waals surface area contributed by atoms with E-state index in [1.165, 1.54) is 0 Å². The average molecular weight is 396 g/mol. The predicted molar refractivity (Wildman–Crippen MR) is 105 cm³/mol. The number of benzene rings is 1. The third-order valence-electron chi connectivity index (χ3n) is 5.10. The van der Waals surface area contributed by atoms with Crippen LogP contribution in [0.5, 0.6) is 0 Å². The van der Waals surface area contributed by atoms with Gasteiger partial charge in [0.25, 0.3) is 5.91 Å². The van der Waals surface area contributed by atoms with Crippen LogP contribution in [0.1, 0.15) is 15.9 Å². The zero-order valence-electron chi connectivity index (χ0n) is 16.1. The Labute approximate surface area is 169 Å². The second-order valence-electron chi connectivity index (χ2n) is 7.14. The van der Waals surface area contributed by atoms with Gasteiger partial charge in [0.05, 0.1) is 26.3 Å². The Balaban J connectivity index is 1.38. The minimum atomic E-state index is -0.997. The molecule has 1 aromatic heterocycles. The SMILES string of the molecule is O=C(NCc1ccccc1)N1CCOC2(C1)CN(C(=O)c1ccncc1)CCO2. The summed E-state index contributed by atoms with van der Waals surface area (Å²) in [4.78, 5) is 32.8. The number of nitrogens with zero attached hydrogens (tertiary/aromatic N) is 3. The van der Waals surface area contributed by atoms with Crippen LogP contribution in [0, 0.1) is 0 Å². The minimum absolute atomic E-state index is 0.0932. The fourth-order valence-electron chi connectivity index (χ4n) is 3.61. The summed E-state index contributed by atoms with van der Waals surface area (Å²) in [5, 5.41) is 2.94. The van der Waals surface area contributed by atoms with Crippen molar-refractivity contribution in [2.45, 2.75) is 12.3 Å². The molecule has 152 valence electrons. The lowest BCUT2D eigenvalue weighted by Gasteiger charge is -2.47. The van der Waals surface area contributed by atoms with Crippen molar-refractivity contribution in [1.82, 2.24) is 20.1 Å². The van der Waals surface area contributed by atoms with E-state index >= 15 is 0 Å². The Morgan fingerprint density at radius 3 is 2.34 bits per heavy atom. The molecule has 0 aliphatic carbocycles. The first-order valence-corrected chi connectivity index (χ1v) is 9.69. The van der Waals surface area contributed by atoms with Gasteiger partial charge in [0.1, 0.15) is 0 Å². The number of morpholine rings is 2. The number of rotatable bonds is 3. The smallest absolute Gasteiger partial charge is 0.317 e. The van der Waals surface area contributed by atoms with Crippen molar-refractivity contribution in [2.24, 2.45) is 0 Å². The molecule has 1 atom stereocenters. The number of urea groups is 1. The Bertz CT molecular complexity index is 844. The van der Waals surface area contributed by atoms with Gasteiger partial charge in [-0.1, -0.05) is 30.3 Å². The summed E-state index contributed by atoms with van der Waals surface area (Å²) in [6.07, 6.45) is 3.19. The number of aromatic nitrogens is 1. The molecule has 4 rings (SSSR count). The third-order valence-corrected chi connectivity index (χ3v) is 5.10. The summed E-state index contributed by atoms with van der Waals surface area (Å²) in [6.45, 7) is 2.67. The lowest BCUT2D eigenvalue weighted by molar-refractivity contribution is -0.281. The Hall–Kier alpha value is -2.97. The van der Waals surface area contributed by atoms with E-state index < -0.39 is 5.79 Å². The highest BCUT2D eigenvalue weighted by Crippen LogP contribution is 2.25. The van der Waals surface area contributed by atoms with Crippen LogP contribution in [0.15, 0.2) is 54.9 Å². The molecule has 1 unspecified atom stereocenters. The molecule has 1 spiro atoms. The first-order valence-electron chi connectivity index (χ1n) is 9.69. The van der Waals surface area contributed by atoms with Crippen molar-refractivity contribution >= 4 is 11.9 Å². The number of hydrogen-bond donors (Lipinski definition) is 1. The number of carbonyl (C=O) groups excluding carboxylic acids is 2. The van der Waals surface area contributed by atoms with Gasteiger partial charge < -0.3 is 24.6 Å². The number of ether oxygens (including phenoxy) is 2. The van der Waals surface area contributed by atoms with Crippen molar-refractivity contribution in [3.63, 3.8) is 0 Å². The molecule has 1 N–H and O–H groups in total. The molecule has 2 aliphatic rings. The zero-order chi connectivity index (χ0) is 20.1. The summed E-state index contributed by atoms with van der Waals surface area (Å²) in [5.41, 5.74) is 1.61. The molecular formula is C21H24N4O4. The number of nitrogens with one attached hydrogen (secondary N) is 1. The maximum atomic E-state index is 12.8. The number of amides is 3. The van der Waals surface area contributed by atoms with E-state index in [0.717, 1.165) is 5.56 Å². The molecule has 2 aromatic rings. The van der Waals surface area contributed by atoms with Crippen LogP contribution in [0.2, 0.25) is 0 Å². The second-order valence-corrected chi connectivity index (χ2v) is 7.14. The molecule has 3 amide bonds. The highest BCUT2D eigenvalue weighted by atomic mass is 16.7. The van der Waals surface area contributed by atoms with Gasteiger partial charge in [-0.05, 0) is 17.7 Å². The Kier molecular flexibility index (Phi) is 5.73. The summed E-state index contributed by atoms with van der Waals surface area (Å²) in [5.74, 6) is -1.09. The fraction of sp³-hybridized carbons (Fsp3) is 0.381. The third kappa shape index (κ3) is 4.55. The van der Waals surface area contributed by atoms with Crippen molar-refractivity contribution < 1.29 is 19.1 Å². The van der Waals surface area contributed by atoms with E-state index in [1.54, 1.807) is 34.3 Å². The second kappa shape index (κ2) is 8.59. The summed E-state index contributed by atoms with van der Waals surface area (Å²) < 4.78 is 11.8. The van der Waals surface area contributed by atoms with Gasteiger partial charge in [-0.15, -0.1) is 0 Å². The topological polar surface area (TPSA) is 84.0 Å². The molecule has 3 heterocycles. The standard InChI is InChI=1S/C21H24N4O4/c26-19(18-6-8-22-9-7-18)24-10-12-28-21(15-24)16-25(11-13-29-21)20(27)23-14-17-4-2-1-3-5-17/h1-9H,10-16H2,(H,23,27). The van der Waals surface area contributed by atoms with Crippen LogP contribution in [-0.4, -0.2) is 71.9 Å². The van der Waals surface area contributed by atoms with Crippen molar-refractivity contribution in [3.8, 4) is 0 Å². The molecule has 2 saturated heterocycles. The largest absolute Gasteiger partial charge is 0.345 e. The van der Waals surface area contributed by atoms with E-state index in [-0.39, 0.29) is 25.0 Å². The van der Waals surface area contributed by atoms with E-state index in [1.807, 2.05) is 30.3 Å².